The molecule has 6 heteroatoms. The molecule has 0 unspecified atom stereocenters. The van der Waals surface area contributed by atoms with Crippen molar-refractivity contribution in [3.05, 3.63) is 11.8 Å². The topological polar surface area (TPSA) is 44.8 Å². The van der Waals surface area contributed by atoms with Crippen molar-refractivity contribution in [3.8, 4) is 0 Å². The molecule has 0 radical (unpaired) electrons. The van der Waals surface area contributed by atoms with Crippen LogP contribution in [0.1, 0.15) is 53.4 Å². The monoisotopic (exact) mass is 312 g/mol. The normalized spacial score (nSPS) is 31.2. The van der Waals surface area contributed by atoms with Gasteiger partial charge < -0.3 is 14.0 Å². The van der Waals surface area contributed by atoms with Crippen LogP contribution in [-0.4, -0.2) is 31.4 Å². The minimum atomic E-state index is -0.927. The maximum absolute atomic E-state index is 14.4. The molecule has 2 aliphatic rings. The number of ether oxygens (including phenoxy) is 1. The predicted octanol–water partition coefficient (Wildman–Crippen LogP) is 3.45. The number of halogens is 1. The Morgan fingerprint density at radius 1 is 1.14 bits per heavy atom. The van der Waals surface area contributed by atoms with Gasteiger partial charge in [-0.3, -0.25) is 4.79 Å². The van der Waals surface area contributed by atoms with Gasteiger partial charge in [-0.05, 0) is 59.3 Å². The van der Waals surface area contributed by atoms with Gasteiger partial charge in [0.25, 0.3) is 0 Å². The molecule has 1 aliphatic carbocycles. The summed E-state index contributed by atoms with van der Waals surface area (Å²) >= 11 is 0. The fraction of sp³-hybridized carbons (Fsp3) is 0.812. The van der Waals surface area contributed by atoms with Gasteiger partial charge in [-0.1, -0.05) is 6.08 Å². The van der Waals surface area contributed by atoms with Crippen LogP contribution in [0.25, 0.3) is 0 Å². The SMILES string of the molecule is COC(=O)C1CCC(C=C(F)B2OC(C)(C)C(C)(C)O2)CC1. The molecule has 1 saturated heterocycles. The molecule has 1 aliphatic heterocycles. The number of hydrogen-bond donors (Lipinski definition) is 0. The highest BCUT2D eigenvalue weighted by Gasteiger charge is 2.53. The fourth-order valence-corrected chi connectivity index (χ4v) is 2.95. The molecule has 1 saturated carbocycles. The maximum atomic E-state index is 14.4. The predicted molar refractivity (Wildman–Crippen MR) is 82.7 cm³/mol. The summed E-state index contributed by atoms with van der Waals surface area (Å²) in [6.45, 7) is 7.62. The average Bonchev–Trinajstić information content (AvgIpc) is 2.67. The summed E-state index contributed by atoms with van der Waals surface area (Å²) < 4.78 is 30.6. The second-order valence-corrected chi connectivity index (χ2v) is 7.27. The molecule has 0 aromatic heterocycles. The molecule has 0 aromatic rings. The summed E-state index contributed by atoms with van der Waals surface area (Å²) in [6, 6.07) is 0. The third-order valence-electron chi connectivity index (χ3n) is 5.18. The highest BCUT2D eigenvalue weighted by atomic mass is 19.1. The lowest BCUT2D eigenvalue weighted by molar-refractivity contribution is -0.146. The Morgan fingerprint density at radius 3 is 2.09 bits per heavy atom. The van der Waals surface area contributed by atoms with E-state index in [9.17, 15) is 9.18 Å². The van der Waals surface area contributed by atoms with Crippen LogP contribution < -0.4 is 0 Å². The van der Waals surface area contributed by atoms with E-state index < -0.39 is 18.3 Å². The second kappa shape index (κ2) is 6.32. The van der Waals surface area contributed by atoms with E-state index in [-0.39, 0.29) is 23.5 Å². The van der Waals surface area contributed by atoms with E-state index in [4.69, 9.17) is 14.0 Å². The van der Waals surface area contributed by atoms with Gasteiger partial charge in [0, 0.05) is 0 Å². The lowest BCUT2D eigenvalue weighted by Gasteiger charge is -2.32. The minimum Gasteiger partial charge on any atom is -0.469 e. The standard InChI is InChI=1S/C16H26BFO4/c1-15(2)16(3,4)22-17(21-15)13(18)10-11-6-8-12(9-7-11)14(19)20-5/h10-12H,6-9H2,1-5H3. The molecule has 0 spiro atoms. The van der Waals surface area contributed by atoms with Crippen molar-refractivity contribution in [2.45, 2.75) is 64.6 Å². The van der Waals surface area contributed by atoms with Crippen LogP contribution in [0.5, 0.6) is 0 Å². The molecule has 1 heterocycles. The number of hydrogen-bond acceptors (Lipinski definition) is 4. The van der Waals surface area contributed by atoms with Gasteiger partial charge in [-0.2, -0.15) is 0 Å². The Morgan fingerprint density at radius 2 is 1.64 bits per heavy atom. The van der Waals surface area contributed by atoms with Crippen molar-refractivity contribution in [1.82, 2.24) is 0 Å². The number of carbonyl (C=O) groups excluding carboxylic acids is 1. The minimum absolute atomic E-state index is 0.0467. The highest BCUT2D eigenvalue weighted by Crippen LogP contribution is 2.39. The summed E-state index contributed by atoms with van der Waals surface area (Å²) in [4.78, 5) is 11.5. The lowest BCUT2D eigenvalue weighted by atomic mass is 9.78. The van der Waals surface area contributed by atoms with Crippen molar-refractivity contribution in [1.29, 1.82) is 0 Å². The zero-order valence-corrected chi connectivity index (χ0v) is 14.1. The molecule has 22 heavy (non-hydrogen) atoms. The van der Waals surface area contributed by atoms with Crippen LogP contribution >= 0.6 is 0 Å². The molecule has 0 bridgehead atoms. The van der Waals surface area contributed by atoms with E-state index in [0.717, 1.165) is 25.7 Å². The van der Waals surface area contributed by atoms with E-state index in [0.29, 0.717) is 0 Å². The lowest BCUT2D eigenvalue weighted by Crippen LogP contribution is -2.41. The largest absolute Gasteiger partial charge is 0.524 e. The molecule has 0 amide bonds. The summed E-state index contributed by atoms with van der Waals surface area (Å²) in [5.41, 5.74) is -1.43. The number of esters is 1. The van der Waals surface area contributed by atoms with Crippen LogP contribution in [0, 0.1) is 11.8 Å². The first-order valence-electron chi connectivity index (χ1n) is 7.97. The Balaban J connectivity index is 1.93. The van der Waals surface area contributed by atoms with E-state index in [2.05, 4.69) is 0 Å². The van der Waals surface area contributed by atoms with Crippen LogP contribution in [-0.2, 0) is 18.8 Å². The zero-order valence-electron chi connectivity index (χ0n) is 14.1. The Bertz CT molecular complexity index is 437. The zero-order chi connectivity index (χ0) is 16.5. The summed E-state index contributed by atoms with van der Waals surface area (Å²) in [7, 11) is 0.482. The van der Waals surface area contributed by atoms with Gasteiger partial charge in [0.1, 0.15) is 5.73 Å². The van der Waals surface area contributed by atoms with Gasteiger partial charge in [0.05, 0.1) is 24.2 Å². The highest BCUT2D eigenvalue weighted by molar-refractivity contribution is 6.53. The number of carbonyl (C=O) groups is 1. The third-order valence-corrected chi connectivity index (χ3v) is 5.18. The van der Waals surface area contributed by atoms with Crippen molar-refractivity contribution in [2.75, 3.05) is 7.11 Å². The average molecular weight is 312 g/mol. The van der Waals surface area contributed by atoms with E-state index in [1.807, 2.05) is 27.7 Å². The van der Waals surface area contributed by atoms with Crippen LogP contribution in [0.3, 0.4) is 0 Å². The van der Waals surface area contributed by atoms with Crippen LogP contribution in [0.2, 0.25) is 0 Å². The summed E-state index contributed by atoms with van der Waals surface area (Å²) in [5.74, 6) is -0.0802. The van der Waals surface area contributed by atoms with Crippen molar-refractivity contribution in [3.63, 3.8) is 0 Å². The summed E-state index contributed by atoms with van der Waals surface area (Å²) in [5, 5.41) is 0. The maximum Gasteiger partial charge on any atom is 0.524 e. The summed E-state index contributed by atoms with van der Waals surface area (Å²) in [6.07, 6.45) is 4.66. The first-order valence-corrected chi connectivity index (χ1v) is 7.97. The van der Waals surface area contributed by atoms with Gasteiger partial charge >= 0.3 is 13.1 Å². The van der Waals surface area contributed by atoms with Crippen molar-refractivity contribution < 1.29 is 23.2 Å². The van der Waals surface area contributed by atoms with Gasteiger partial charge in [-0.15, -0.1) is 0 Å². The Kier molecular flexibility index (Phi) is 5.02. The van der Waals surface area contributed by atoms with Gasteiger partial charge in [-0.25, -0.2) is 4.39 Å². The quantitative estimate of drug-likeness (QED) is 0.591. The van der Waals surface area contributed by atoms with E-state index in [1.165, 1.54) is 7.11 Å². The Hall–Kier alpha value is -0.875. The molecule has 0 aromatic carbocycles. The number of rotatable bonds is 3. The molecule has 4 nitrogen and oxygen atoms in total. The fourth-order valence-electron chi connectivity index (χ4n) is 2.95. The number of methoxy groups -OCH3 is 1. The van der Waals surface area contributed by atoms with E-state index in [1.54, 1.807) is 6.08 Å². The molecule has 0 atom stereocenters. The molecule has 2 fully saturated rings. The number of allylic oxidation sites excluding steroid dienone is 1. The van der Waals surface area contributed by atoms with Gasteiger partial charge in [0.2, 0.25) is 0 Å². The van der Waals surface area contributed by atoms with Crippen LogP contribution in [0.15, 0.2) is 11.8 Å². The molecular formula is C16H26BFO4. The first kappa shape index (κ1) is 17.5. The van der Waals surface area contributed by atoms with E-state index >= 15 is 0 Å². The first-order chi connectivity index (χ1) is 10.2. The third kappa shape index (κ3) is 3.54. The van der Waals surface area contributed by atoms with Crippen LogP contribution in [0.4, 0.5) is 4.39 Å². The molecule has 2 rings (SSSR count). The molecule has 124 valence electrons. The molecular weight excluding hydrogens is 286 g/mol. The second-order valence-electron chi connectivity index (χ2n) is 7.27. The molecule has 0 N–H and O–H groups in total. The Labute approximate surface area is 132 Å². The van der Waals surface area contributed by atoms with Crippen molar-refractivity contribution in [2.24, 2.45) is 11.8 Å². The van der Waals surface area contributed by atoms with Crippen molar-refractivity contribution >= 4 is 13.1 Å². The van der Waals surface area contributed by atoms with Gasteiger partial charge in [0.15, 0.2) is 0 Å². The smallest absolute Gasteiger partial charge is 0.469 e.